The second kappa shape index (κ2) is 2.88. The number of hydrogen-bond donors (Lipinski definition) is 3. The predicted molar refractivity (Wildman–Crippen MR) is 36.8 cm³/mol. The highest BCUT2D eigenvalue weighted by molar-refractivity contribution is 6.22. The molecule has 4 atom stereocenters. The minimum absolute atomic E-state index is 0.599. The highest BCUT2D eigenvalue weighted by Crippen LogP contribution is 2.17. The zero-order valence-corrected chi connectivity index (χ0v) is 5.94. The minimum Gasteiger partial charge on any atom is -0.388 e. The third-order valence-corrected chi connectivity index (χ3v) is 1.92. The fourth-order valence-electron chi connectivity index (χ4n) is 0.838. The molecule has 0 aromatic rings. The van der Waals surface area contributed by atoms with E-state index in [4.69, 9.17) is 26.9 Å². The van der Waals surface area contributed by atoms with E-state index in [2.05, 4.69) is 0 Å². The summed E-state index contributed by atoms with van der Waals surface area (Å²) in [6.07, 6.45) is -0.391. The lowest BCUT2D eigenvalue weighted by molar-refractivity contribution is -0.0437. The van der Waals surface area contributed by atoms with Gasteiger partial charge in [-0.15, -0.1) is 11.6 Å². The summed E-state index contributed by atoms with van der Waals surface area (Å²) in [4.78, 5) is 0. The summed E-state index contributed by atoms with van der Waals surface area (Å²) >= 11 is 5.52. The predicted octanol–water partition coefficient (Wildman–Crippen LogP) is -0.754. The van der Waals surface area contributed by atoms with Crippen LogP contribution in [0.2, 0.25) is 0 Å². The molecule has 0 saturated carbocycles. The Bertz CT molecular complexity index is 132. The molecule has 3 nitrogen and oxygen atoms in total. The topological polar surface area (TPSA) is 60.7 Å². The normalized spacial score (nSPS) is 47.6. The van der Waals surface area contributed by atoms with E-state index >= 15 is 0 Å². The fourth-order valence-corrected chi connectivity index (χ4v) is 1.07. The number of alkyl halides is 1. The molecular weight excluding hydrogens is 156 g/mol. The molecule has 0 amide bonds. The maximum atomic E-state index is 9.02. The van der Waals surface area contributed by atoms with Gasteiger partial charge < -0.3 is 15.3 Å². The monoisotopic (exact) mass is 164 g/mol. The molecular formula is C6H9ClO3. The summed E-state index contributed by atoms with van der Waals surface area (Å²) in [6.45, 7) is 0. The smallest absolute Gasteiger partial charge is 0.111 e. The third kappa shape index (κ3) is 1.32. The van der Waals surface area contributed by atoms with Crippen molar-refractivity contribution in [1.82, 2.24) is 0 Å². The largest absolute Gasteiger partial charge is 0.388 e. The zero-order valence-electron chi connectivity index (χ0n) is 5.18. The van der Waals surface area contributed by atoms with E-state index in [1.165, 1.54) is 12.2 Å². The highest BCUT2D eigenvalue weighted by Gasteiger charge is 2.31. The van der Waals surface area contributed by atoms with Crippen LogP contribution in [0, 0.1) is 0 Å². The maximum absolute atomic E-state index is 9.02. The van der Waals surface area contributed by atoms with E-state index in [0.29, 0.717) is 0 Å². The molecule has 3 N–H and O–H groups in total. The summed E-state index contributed by atoms with van der Waals surface area (Å²) < 4.78 is 0. The van der Waals surface area contributed by atoms with E-state index in [9.17, 15) is 0 Å². The Labute approximate surface area is 63.6 Å². The van der Waals surface area contributed by atoms with Gasteiger partial charge in [0.1, 0.15) is 18.3 Å². The highest BCUT2D eigenvalue weighted by atomic mass is 35.5. The van der Waals surface area contributed by atoms with Crippen molar-refractivity contribution < 1.29 is 15.3 Å². The Hall–Kier alpha value is -0.0900. The van der Waals surface area contributed by atoms with Crippen LogP contribution in [-0.2, 0) is 0 Å². The van der Waals surface area contributed by atoms with E-state index in [-0.39, 0.29) is 0 Å². The van der Waals surface area contributed by atoms with Crippen LogP contribution in [0.1, 0.15) is 0 Å². The molecule has 10 heavy (non-hydrogen) atoms. The number of halogens is 1. The van der Waals surface area contributed by atoms with Crippen LogP contribution in [0.15, 0.2) is 12.2 Å². The summed E-state index contributed by atoms with van der Waals surface area (Å²) in [5.41, 5.74) is 0. The number of hydrogen-bond acceptors (Lipinski definition) is 3. The molecule has 0 bridgehead atoms. The van der Waals surface area contributed by atoms with Gasteiger partial charge in [0.15, 0.2) is 0 Å². The van der Waals surface area contributed by atoms with Gasteiger partial charge in [-0.2, -0.15) is 0 Å². The number of aliphatic hydroxyl groups excluding tert-OH is 3. The standard InChI is InChI=1S/C6H9ClO3/c7-3-1-2-4(8)6(10)5(3)9/h1-6,8-10H/t3-,4+,5-,6-/m1/s1. The Kier molecular flexibility index (Phi) is 2.31. The van der Waals surface area contributed by atoms with Crippen molar-refractivity contribution in [2.24, 2.45) is 0 Å². The zero-order chi connectivity index (χ0) is 7.72. The molecule has 0 fully saturated rings. The second-order valence-electron chi connectivity index (χ2n) is 2.30. The van der Waals surface area contributed by atoms with Gasteiger partial charge in [0, 0.05) is 0 Å². The van der Waals surface area contributed by atoms with Crippen molar-refractivity contribution in [1.29, 1.82) is 0 Å². The summed E-state index contributed by atoms with van der Waals surface area (Å²) in [6, 6.07) is 0. The molecule has 1 aliphatic carbocycles. The van der Waals surface area contributed by atoms with Gasteiger partial charge in [-0.3, -0.25) is 0 Å². The van der Waals surface area contributed by atoms with E-state index in [0.717, 1.165) is 0 Å². The second-order valence-corrected chi connectivity index (χ2v) is 2.81. The molecule has 0 saturated heterocycles. The van der Waals surface area contributed by atoms with Crippen molar-refractivity contribution in [3.63, 3.8) is 0 Å². The maximum Gasteiger partial charge on any atom is 0.111 e. The lowest BCUT2D eigenvalue weighted by Gasteiger charge is -2.26. The summed E-state index contributed by atoms with van der Waals surface area (Å²) in [7, 11) is 0. The third-order valence-electron chi connectivity index (χ3n) is 1.52. The molecule has 1 aliphatic rings. The quantitative estimate of drug-likeness (QED) is 0.326. The molecule has 0 heterocycles. The van der Waals surface area contributed by atoms with Crippen LogP contribution in [0.3, 0.4) is 0 Å². The van der Waals surface area contributed by atoms with Crippen molar-refractivity contribution in [3.8, 4) is 0 Å². The molecule has 4 heteroatoms. The van der Waals surface area contributed by atoms with Gasteiger partial charge in [-0.05, 0) is 0 Å². The lowest BCUT2D eigenvalue weighted by Crippen LogP contribution is -2.44. The Morgan fingerprint density at radius 3 is 2.10 bits per heavy atom. The van der Waals surface area contributed by atoms with Crippen LogP contribution in [0.5, 0.6) is 0 Å². The van der Waals surface area contributed by atoms with Gasteiger partial charge >= 0.3 is 0 Å². The van der Waals surface area contributed by atoms with E-state index < -0.39 is 23.7 Å². The van der Waals surface area contributed by atoms with Crippen LogP contribution in [0.25, 0.3) is 0 Å². The van der Waals surface area contributed by atoms with Crippen LogP contribution in [0.4, 0.5) is 0 Å². The minimum atomic E-state index is -1.16. The summed E-state index contributed by atoms with van der Waals surface area (Å²) in [5.74, 6) is 0. The van der Waals surface area contributed by atoms with Crippen molar-refractivity contribution in [3.05, 3.63) is 12.2 Å². The van der Waals surface area contributed by atoms with Gasteiger partial charge in [0.05, 0.1) is 5.38 Å². The van der Waals surface area contributed by atoms with E-state index in [1.54, 1.807) is 0 Å². The molecule has 0 aliphatic heterocycles. The molecule has 0 spiro atoms. The van der Waals surface area contributed by atoms with E-state index in [1.807, 2.05) is 0 Å². The van der Waals surface area contributed by atoms with Gasteiger partial charge in [0.2, 0.25) is 0 Å². The van der Waals surface area contributed by atoms with Crippen LogP contribution < -0.4 is 0 Å². The van der Waals surface area contributed by atoms with Crippen LogP contribution >= 0.6 is 11.6 Å². The van der Waals surface area contributed by atoms with Gasteiger partial charge in [0.25, 0.3) is 0 Å². The average molecular weight is 165 g/mol. The van der Waals surface area contributed by atoms with Crippen molar-refractivity contribution >= 4 is 11.6 Å². The number of aliphatic hydroxyl groups is 3. The van der Waals surface area contributed by atoms with Gasteiger partial charge in [-0.1, -0.05) is 12.2 Å². The average Bonchev–Trinajstić information content (AvgIpc) is 1.93. The van der Waals surface area contributed by atoms with Crippen molar-refractivity contribution in [2.45, 2.75) is 23.7 Å². The first-order chi connectivity index (χ1) is 4.63. The Balaban J connectivity index is 2.69. The molecule has 1 rings (SSSR count). The SMILES string of the molecule is O[C@H]1[C@H](O)[C@@H](O)C=C[C@H]1Cl. The summed E-state index contributed by atoms with van der Waals surface area (Å²) in [5, 5.41) is 26.3. The molecule has 0 radical (unpaired) electrons. The fraction of sp³-hybridized carbons (Fsp3) is 0.667. The van der Waals surface area contributed by atoms with Gasteiger partial charge in [-0.25, -0.2) is 0 Å². The first-order valence-electron chi connectivity index (χ1n) is 2.99. The van der Waals surface area contributed by atoms with Crippen LogP contribution in [-0.4, -0.2) is 39.0 Å². The first kappa shape index (κ1) is 8.01. The molecule has 0 aromatic heterocycles. The Morgan fingerprint density at radius 1 is 1.00 bits per heavy atom. The molecule has 0 aromatic carbocycles. The van der Waals surface area contributed by atoms with Crippen molar-refractivity contribution in [2.75, 3.05) is 0 Å². The first-order valence-corrected chi connectivity index (χ1v) is 3.43. The molecule has 0 unspecified atom stereocenters. The lowest BCUT2D eigenvalue weighted by atomic mass is 9.99. The Morgan fingerprint density at radius 2 is 1.60 bits per heavy atom. The number of rotatable bonds is 0. The molecule has 58 valence electrons.